The van der Waals surface area contributed by atoms with Crippen molar-refractivity contribution in [3.05, 3.63) is 95.1 Å². The highest BCUT2D eigenvalue weighted by Crippen LogP contribution is 2.37. The summed E-state index contributed by atoms with van der Waals surface area (Å²) in [4.78, 5) is 37.2. The molecule has 1 unspecified atom stereocenters. The molecule has 1 N–H and O–H groups in total. The van der Waals surface area contributed by atoms with Gasteiger partial charge in [0, 0.05) is 41.3 Å². The van der Waals surface area contributed by atoms with E-state index in [1.807, 2.05) is 0 Å². The van der Waals surface area contributed by atoms with Gasteiger partial charge in [-0.1, -0.05) is 24.3 Å². The van der Waals surface area contributed by atoms with Gasteiger partial charge in [-0.3, -0.25) is 9.69 Å². The predicted molar refractivity (Wildman–Crippen MR) is 178 cm³/mol. The second-order valence-electron chi connectivity index (χ2n) is 10.9. The number of benzene rings is 2. The largest absolute Gasteiger partial charge is 0.490 e. The van der Waals surface area contributed by atoms with E-state index in [9.17, 15) is 14.7 Å². The number of carboxylic acids is 1. The number of aromatic nitrogens is 3. The predicted octanol–water partition coefficient (Wildman–Crippen LogP) is 6.92. The highest BCUT2D eigenvalue weighted by Gasteiger charge is 2.29. The topological polar surface area (TPSA) is 125 Å². The van der Waals surface area contributed by atoms with E-state index < -0.39 is 11.9 Å². The molecule has 1 aliphatic heterocycles. The van der Waals surface area contributed by atoms with E-state index >= 15 is 0 Å². The first kappa shape index (κ1) is 33.6. The minimum absolute atomic E-state index is 0.0597. The van der Waals surface area contributed by atoms with Crippen molar-refractivity contribution in [1.82, 2.24) is 14.5 Å². The molecule has 47 heavy (non-hydrogen) atoms. The molecule has 246 valence electrons. The number of hydrogen-bond acceptors (Lipinski definition) is 8. The fourth-order valence-electron chi connectivity index (χ4n) is 5.28. The van der Waals surface area contributed by atoms with Crippen LogP contribution in [0.25, 0.3) is 11.3 Å². The molecule has 2 aromatic heterocycles. The number of anilines is 2. The normalized spacial score (nSPS) is 14.4. The Morgan fingerprint density at radius 2 is 1.89 bits per heavy atom. The van der Waals surface area contributed by atoms with Crippen LogP contribution in [0, 0.1) is 13.8 Å². The third-order valence-corrected chi connectivity index (χ3v) is 8.02. The molecule has 3 heterocycles. The molecule has 12 heteroatoms. The summed E-state index contributed by atoms with van der Waals surface area (Å²) in [6.07, 6.45) is 5.82. The van der Waals surface area contributed by atoms with Crippen LogP contribution in [-0.2, 0) is 16.5 Å². The number of carbonyl (C=O) groups excluding carboxylic acids is 1. The highest BCUT2D eigenvalue weighted by molar-refractivity contribution is 6.31. The molecular formula is C35H37ClN4O7. The molecule has 1 saturated heterocycles. The number of ether oxygens (including phenoxy) is 4. The minimum Gasteiger partial charge on any atom is -0.490 e. The number of hydrogen-bond donors (Lipinski definition) is 1. The van der Waals surface area contributed by atoms with Gasteiger partial charge in [-0.15, -0.1) is 0 Å². The molecule has 0 saturated carbocycles. The number of amides is 1. The average Bonchev–Trinajstić information content (AvgIpc) is 3.37. The lowest BCUT2D eigenvalue weighted by atomic mass is 10.0. The SMILES string of the molecule is C=CCOc1ccc(N(C(=O)c2cc(-c3cc(Cl)ccc3C(=O)O)n(C)c2C)c2cnc(C)nc2OCCOC2CCCCO2)cc1. The number of halogens is 1. The molecule has 4 aromatic rings. The molecule has 5 rings (SSSR count). The first-order valence-corrected chi connectivity index (χ1v) is 15.6. The van der Waals surface area contributed by atoms with Crippen LogP contribution in [0.2, 0.25) is 5.02 Å². The molecule has 0 aliphatic carbocycles. The Balaban J connectivity index is 1.54. The monoisotopic (exact) mass is 660 g/mol. The van der Waals surface area contributed by atoms with Crippen molar-refractivity contribution in [2.24, 2.45) is 7.05 Å². The standard InChI is InChI=1S/C35H37ClN4O7/c1-5-15-44-26-12-10-25(11-13-26)40(31-21-37-23(3)38-33(31)47-18-17-46-32-8-6-7-16-45-32)34(41)28-20-30(39(4)22(28)2)29-19-24(36)9-14-27(29)35(42)43/h5,9-14,19-21,32H,1,6-8,15-18H2,2-4H3,(H,42,43). The number of carboxylic acid groups (broad SMARTS) is 1. The van der Waals surface area contributed by atoms with Gasteiger partial charge in [0.2, 0.25) is 5.88 Å². The molecule has 0 bridgehead atoms. The number of aryl methyl sites for hydroxylation is 1. The number of nitrogens with zero attached hydrogens (tertiary/aromatic N) is 4. The summed E-state index contributed by atoms with van der Waals surface area (Å²) in [5.74, 6) is -0.266. The van der Waals surface area contributed by atoms with Crippen LogP contribution >= 0.6 is 11.6 Å². The summed E-state index contributed by atoms with van der Waals surface area (Å²) < 4.78 is 25.0. The fraction of sp³-hybridized carbons (Fsp3) is 0.314. The lowest BCUT2D eigenvalue weighted by molar-refractivity contribution is -0.165. The summed E-state index contributed by atoms with van der Waals surface area (Å²) in [7, 11) is 1.77. The van der Waals surface area contributed by atoms with Crippen LogP contribution in [0.15, 0.2) is 67.4 Å². The van der Waals surface area contributed by atoms with Crippen LogP contribution in [0.5, 0.6) is 11.6 Å². The van der Waals surface area contributed by atoms with E-state index in [1.54, 1.807) is 74.1 Å². The Bertz CT molecular complexity index is 1750. The summed E-state index contributed by atoms with van der Waals surface area (Å²) in [5, 5.41) is 10.3. The van der Waals surface area contributed by atoms with Crippen LogP contribution in [0.1, 0.15) is 51.5 Å². The number of carbonyl (C=O) groups is 2. The summed E-state index contributed by atoms with van der Waals surface area (Å²) in [5.41, 5.74) is 2.71. The summed E-state index contributed by atoms with van der Waals surface area (Å²) in [6.45, 7) is 8.65. The Labute approximate surface area is 278 Å². The zero-order valence-corrected chi connectivity index (χ0v) is 27.3. The van der Waals surface area contributed by atoms with Crippen molar-refractivity contribution >= 4 is 34.9 Å². The Kier molecular flexibility index (Phi) is 10.9. The zero-order chi connectivity index (χ0) is 33.5. The van der Waals surface area contributed by atoms with Crippen LogP contribution in [0.3, 0.4) is 0 Å². The third kappa shape index (κ3) is 7.82. The van der Waals surface area contributed by atoms with E-state index in [-0.39, 0.29) is 30.9 Å². The Morgan fingerprint density at radius 3 is 2.60 bits per heavy atom. The lowest BCUT2D eigenvalue weighted by Gasteiger charge is -2.25. The maximum atomic E-state index is 14.7. The van der Waals surface area contributed by atoms with E-state index in [1.165, 1.54) is 17.0 Å². The minimum atomic E-state index is -1.11. The second kappa shape index (κ2) is 15.3. The maximum Gasteiger partial charge on any atom is 0.336 e. The van der Waals surface area contributed by atoms with Gasteiger partial charge in [0.1, 0.15) is 30.5 Å². The molecule has 1 fully saturated rings. The van der Waals surface area contributed by atoms with Crippen molar-refractivity contribution in [2.45, 2.75) is 39.4 Å². The smallest absolute Gasteiger partial charge is 0.336 e. The molecule has 11 nitrogen and oxygen atoms in total. The van der Waals surface area contributed by atoms with Gasteiger partial charge in [-0.05, 0) is 81.6 Å². The van der Waals surface area contributed by atoms with Crippen molar-refractivity contribution in [3.8, 4) is 22.9 Å². The van der Waals surface area contributed by atoms with Gasteiger partial charge < -0.3 is 28.6 Å². The Morgan fingerprint density at radius 1 is 1.11 bits per heavy atom. The fourth-order valence-corrected chi connectivity index (χ4v) is 5.46. The van der Waals surface area contributed by atoms with Crippen LogP contribution in [0.4, 0.5) is 11.4 Å². The first-order valence-electron chi connectivity index (χ1n) is 15.2. The molecule has 0 radical (unpaired) electrons. The number of rotatable bonds is 13. The van der Waals surface area contributed by atoms with Crippen molar-refractivity contribution in [1.29, 1.82) is 0 Å². The van der Waals surface area contributed by atoms with Gasteiger partial charge in [-0.2, -0.15) is 4.98 Å². The number of aromatic carboxylic acids is 1. The van der Waals surface area contributed by atoms with Gasteiger partial charge in [-0.25, -0.2) is 9.78 Å². The van der Waals surface area contributed by atoms with Crippen molar-refractivity contribution in [2.75, 3.05) is 31.3 Å². The van der Waals surface area contributed by atoms with Gasteiger partial charge in [0.15, 0.2) is 6.29 Å². The molecule has 1 amide bonds. The van der Waals surface area contributed by atoms with Gasteiger partial charge in [0.25, 0.3) is 5.91 Å². The lowest BCUT2D eigenvalue weighted by Crippen LogP contribution is -2.28. The molecule has 0 spiro atoms. The summed E-state index contributed by atoms with van der Waals surface area (Å²) >= 11 is 6.28. The van der Waals surface area contributed by atoms with Gasteiger partial charge in [0.05, 0.1) is 23.9 Å². The van der Waals surface area contributed by atoms with Gasteiger partial charge >= 0.3 is 5.97 Å². The van der Waals surface area contributed by atoms with E-state index in [0.29, 0.717) is 63.7 Å². The van der Waals surface area contributed by atoms with Crippen molar-refractivity contribution in [3.63, 3.8) is 0 Å². The first-order chi connectivity index (χ1) is 22.7. The molecular weight excluding hydrogens is 624 g/mol. The summed E-state index contributed by atoms with van der Waals surface area (Å²) in [6, 6.07) is 13.2. The van der Waals surface area contributed by atoms with E-state index in [0.717, 1.165) is 19.3 Å². The Hall–Kier alpha value is -4.71. The second-order valence-corrected chi connectivity index (χ2v) is 11.4. The average molecular weight is 661 g/mol. The highest BCUT2D eigenvalue weighted by atomic mass is 35.5. The maximum absolute atomic E-state index is 14.7. The molecule has 1 aliphatic rings. The molecule has 2 aromatic carbocycles. The van der Waals surface area contributed by atoms with Crippen LogP contribution < -0.4 is 14.4 Å². The van der Waals surface area contributed by atoms with Crippen molar-refractivity contribution < 1.29 is 33.6 Å². The van der Waals surface area contributed by atoms with E-state index in [2.05, 4.69) is 16.5 Å². The third-order valence-electron chi connectivity index (χ3n) is 7.78. The van der Waals surface area contributed by atoms with E-state index in [4.69, 9.17) is 30.5 Å². The molecule has 1 atom stereocenters. The quantitative estimate of drug-likeness (QED) is 0.120. The van der Waals surface area contributed by atoms with Crippen LogP contribution in [-0.4, -0.2) is 64.2 Å². The zero-order valence-electron chi connectivity index (χ0n) is 26.6.